The summed E-state index contributed by atoms with van der Waals surface area (Å²) in [5, 5.41) is 6.47. The normalized spacial score (nSPS) is 31.5. The van der Waals surface area contributed by atoms with Crippen molar-refractivity contribution in [1.82, 2.24) is 15.5 Å². The van der Waals surface area contributed by atoms with E-state index in [0.29, 0.717) is 12.5 Å². The molecule has 4 heteroatoms. The second-order valence-electron chi connectivity index (χ2n) is 5.30. The molecule has 3 aliphatic rings. The van der Waals surface area contributed by atoms with Crippen LogP contribution in [-0.4, -0.2) is 49.6 Å². The molecule has 2 N–H and O–H groups in total. The van der Waals surface area contributed by atoms with E-state index in [1.807, 2.05) is 0 Å². The summed E-state index contributed by atoms with van der Waals surface area (Å²) in [6, 6.07) is 0.622. The first kappa shape index (κ1) is 12.8. The third-order valence-corrected chi connectivity index (χ3v) is 3.99. The third kappa shape index (κ3) is 3.68. The second-order valence-corrected chi connectivity index (χ2v) is 5.30. The van der Waals surface area contributed by atoms with Crippen molar-refractivity contribution in [3.63, 3.8) is 0 Å². The van der Waals surface area contributed by atoms with Crippen molar-refractivity contribution in [2.45, 2.75) is 38.6 Å². The zero-order valence-corrected chi connectivity index (χ0v) is 10.9. The predicted octanol–water partition coefficient (Wildman–Crippen LogP) is 0.587. The largest absolute Gasteiger partial charge is 0.356 e. The van der Waals surface area contributed by atoms with Crippen LogP contribution in [-0.2, 0) is 4.79 Å². The van der Waals surface area contributed by atoms with E-state index in [1.165, 1.54) is 32.5 Å². The molecule has 3 aliphatic heterocycles. The van der Waals surface area contributed by atoms with Crippen LogP contribution in [0.4, 0.5) is 0 Å². The molecule has 98 valence electrons. The predicted molar refractivity (Wildman–Crippen MR) is 68.9 cm³/mol. The number of hydrogen-bond acceptors (Lipinski definition) is 3. The average molecular weight is 239 g/mol. The molecule has 0 aromatic rings. The summed E-state index contributed by atoms with van der Waals surface area (Å²) < 4.78 is 0. The van der Waals surface area contributed by atoms with Crippen LogP contribution in [0.2, 0.25) is 0 Å². The summed E-state index contributed by atoms with van der Waals surface area (Å²) in [6.45, 7) is 7.44. The number of rotatable bonds is 6. The van der Waals surface area contributed by atoms with Crippen LogP contribution in [0.25, 0.3) is 0 Å². The molecule has 3 saturated heterocycles. The van der Waals surface area contributed by atoms with Gasteiger partial charge in [-0.1, -0.05) is 6.92 Å². The molecule has 0 spiro atoms. The highest BCUT2D eigenvalue weighted by atomic mass is 16.1. The molecule has 0 aliphatic carbocycles. The summed E-state index contributed by atoms with van der Waals surface area (Å²) in [6.07, 6.45) is 4.29. The molecular formula is C13H25N3O. The first-order chi connectivity index (χ1) is 8.29. The number of hydrogen-bond donors (Lipinski definition) is 2. The topological polar surface area (TPSA) is 44.4 Å². The van der Waals surface area contributed by atoms with Crippen LogP contribution in [0.15, 0.2) is 0 Å². The minimum absolute atomic E-state index is 0.181. The average Bonchev–Trinajstić information content (AvgIpc) is 2.38. The van der Waals surface area contributed by atoms with Gasteiger partial charge in [-0.3, -0.25) is 4.79 Å². The van der Waals surface area contributed by atoms with E-state index in [1.54, 1.807) is 0 Å². The highest BCUT2D eigenvalue weighted by molar-refractivity contribution is 5.75. The lowest BCUT2D eigenvalue weighted by atomic mass is 9.84. The molecule has 3 rings (SSSR count). The molecule has 1 atom stereocenters. The van der Waals surface area contributed by atoms with Gasteiger partial charge in [-0.25, -0.2) is 0 Å². The van der Waals surface area contributed by atoms with Gasteiger partial charge in [0, 0.05) is 32.1 Å². The minimum atomic E-state index is 0.181. The number of carbonyl (C=O) groups excluding carboxylic acids is 1. The third-order valence-electron chi connectivity index (χ3n) is 3.99. The van der Waals surface area contributed by atoms with E-state index in [-0.39, 0.29) is 5.91 Å². The van der Waals surface area contributed by atoms with Gasteiger partial charge in [-0.05, 0) is 38.3 Å². The molecule has 0 aromatic carbocycles. The molecule has 3 fully saturated rings. The fourth-order valence-electron chi connectivity index (χ4n) is 2.92. The van der Waals surface area contributed by atoms with Crippen molar-refractivity contribution in [3.05, 3.63) is 0 Å². The van der Waals surface area contributed by atoms with Gasteiger partial charge in [-0.2, -0.15) is 0 Å². The molecule has 1 amide bonds. The second kappa shape index (κ2) is 6.36. The Morgan fingerprint density at radius 2 is 2.06 bits per heavy atom. The van der Waals surface area contributed by atoms with Crippen molar-refractivity contribution in [2.24, 2.45) is 5.92 Å². The van der Waals surface area contributed by atoms with E-state index < -0.39 is 0 Å². The van der Waals surface area contributed by atoms with Crippen LogP contribution >= 0.6 is 0 Å². The Labute approximate surface area is 104 Å². The van der Waals surface area contributed by atoms with Gasteiger partial charge in [-0.15, -0.1) is 0 Å². The molecule has 3 heterocycles. The van der Waals surface area contributed by atoms with Gasteiger partial charge in [0.05, 0.1) is 0 Å². The minimum Gasteiger partial charge on any atom is -0.356 e. The standard InChI is InChI=1S/C13H25N3O/c1-2-6-15-13(17)3-7-14-12-10-16-8-4-11(12)5-9-16/h11-12,14H,2-10H2,1H3,(H,15,17). The maximum absolute atomic E-state index is 11.4. The van der Waals surface area contributed by atoms with Crippen molar-refractivity contribution < 1.29 is 4.79 Å². The lowest BCUT2D eigenvalue weighted by Crippen LogP contribution is -2.56. The summed E-state index contributed by atoms with van der Waals surface area (Å²) in [7, 11) is 0. The molecule has 0 aromatic heterocycles. The zero-order valence-electron chi connectivity index (χ0n) is 10.9. The Kier molecular flexibility index (Phi) is 4.80. The van der Waals surface area contributed by atoms with Gasteiger partial charge in [0.1, 0.15) is 0 Å². The number of amides is 1. The van der Waals surface area contributed by atoms with Crippen molar-refractivity contribution in [2.75, 3.05) is 32.7 Å². The molecule has 0 radical (unpaired) electrons. The highest BCUT2D eigenvalue weighted by Gasteiger charge is 2.33. The Hall–Kier alpha value is -0.610. The smallest absolute Gasteiger partial charge is 0.221 e. The van der Waals surface area contributed by atoms with Gasteiger partial charge in [0.25, 0.3) is 0 Å². The number of carbonyl (C=O) groups is 1. The molecule has 2 bridgehead atoms. The first-order valence-corrected chi connectivity index (χ1v) is 7.02. The van der Waals surface area contributed by atoms with Crippen LogP contribution < -0.4 is 10.6 Å². The van der Waals surface area contributed by atoms with E-state index in [2.05, 4.69) is 22.5 Å². The van der Waals surface area contributed by atoms with Crippen LogP contribution in [0.5, 0.6) is 0 Å². The van der Waals surface area contributed by atoms with E-state index in [9.17, 15) is 4.79 Å². The number of fused-ring (bicyclic) bond motifs is 3. The molecule has 4 nitrogen and oxygen atoms in total. The SMILES string of the molecule is CCCNC(=O)CCNC1CN2CCC1CC2. The molecular weight excluding hydrogens is 214 g/mol. The van der Waals surface area contributed by atoms with Crippen LogP contribution in [0, 0.1) is 5.92 Å². The fraction of sp³-hybridized carbons (Fsp3) is 0.923. The van der Waals surface area contributed by atoms with Crippen LogP contribution in [0.3, 0.4) is 0 Å². The van der Waals surface area contributed by atoms with Crippen LogP contribution in [0.1, 0.15) is 32.6 Å². The van der Waals surface area contributed by atoms with Crippen molar-refractivity contribution >= 4 is 5.91 Å². The molecule has 1 unspecified atom stereocenters. The first-order valence-electron chi connectivity index (χ1n) is 7.02. The summed E-state index contributed by atoms with van der Waals surface area (Å²) in [5.41, 5.74) is 0. The lowest BCUT2D eigenvalue weighted by Gasteiger charge is -2.45. The van der Waals surface area contributed by atoms with Gasteiger partial charge >= 0.3 is 0 Å². The maximum atomic E-state index is 11.4. The molecule has 17 heavy (non-hydrogen) atoms. The number of piperidine rings is 3. The van der Waals surface area contributed by atoms with Gasteiger partial charge in [0.15, 0.2) is 0 Å². The number of nitrogens with zero attached hydrogens (tertiary/aromatic N) is 1. The van der Waals surface area contributed by atoms with E-state index >= 15 is 0 Å². The monoisotopic (exact) mass is 239 g/mol. The Morgan fingerprint density at radius 3 is 2.65 bits per heavy atom. The summed E-state index contributed by atoms with van der Waals surface area (Å²) >= 11 is 0. The fourth-order valence-corrected chi connectivity index (χ4v) is 2.92. The Balaban J connectivity index is 1.60. The maximum Gasteiger partial charge on any atom is 0.221 e. The quantitative estimate of drug-likeness (QED) is 0.713. The van der Waals surface area contributed by atoms with E-state index in [0.717, 1.165) is 25.4 Å². The van der Waals surface area contributed by atoms with Gasteiger partial charge in [0.2, 0.25) is 5.91 Å². The summed E-state index contributed by atoms with van der Waals surface area (Å²) in [4.78, 5) is 14.0. The summed E-state index contributed by atoms with van der Waals surface area (Å²) in [5.74, 6) is 1.03. The molecule has 0 saturated carbocycles. The van der Waals surface area contributed by atoms with Crippen molar-refractivity contribution in [1.29, 1.82) is 0 Å². The lowest BCUT2D eigenvalue weighted by molar-refractivity contribution is -0.121. The zero-order chi connectivity index (χ0) is 12.1. The number of nitrogens with one attached hydrogen (secondary N) is 2. The highest BCUT2D eigenvalue weighted by Crippen LogP contribution is 2.27. The van der Waals surface area contributed by atoms with Gasteiger partial charge < -0.3 is 15.5 Å². The van der Waals surface area contributed by atoms with Crippen molar-refractivity contribution in [3.8, 4) is 0 Å². The Morgan fingerprint density at radius 1 is 1.29 bits per heavy atom. The van der Waals surface area contributed by atoms with E-state index in [4.69, 9.17) is 0 Å². The Bertz CT molecular complexity index is 249.